The molecule has 3 nitrogen and oxygen atoms in total. The second-order valence-electron chi connectivity index (χ2n) is 1.96. The average Bonchev–Trinajstić information content (AvgIpc) is 1.99. The highest BCUT2D eigenvalue weighted by Crippen LogP contribution is 1.98. The number of nitrogens with zero attached hydrogens (tertiary/aromatic N) is 2. The molecule has 0 fully saturated rings. The zero-order valence-corrected chi connectivity index (χ0v) is 7.16. The van der Waals surface area contributed by atoms with E-state index in [0.717, 1.165) is 6.54 Å². The summed E-state index contributed by atoms with van der Waals surface area (Å²) in [4.78, 5) is 0. The van der Waals surface area contributed by atoms with E-state index >= 15 is 0 Å². The Hall–Kier alpha value is -0.570. The molecule has 1 atom stereocenters. The maximum Gasteiger partial charge on any atom is 0.142 e. The van der Waals surface area contributed by atoms with E-state index in [0.29, 0.717) is 0 Å². The van der Waals surface area contributed by atoms with Crippen LogP contribution >= 0.6 is 0 Å². The minimum absolute atomic E-state index is 0.0706. The first kappa shape index (κ1) is 9.43. The van der Waals surface area contributed by atoms with Gasteiger partial charge in [-0.05, 0) is 20.8 Å². The first-order valence-electron chi connectivity index (χ1n) is 3.54. The zero-order valence-electron chi connectivity index (χ0n) is 7.16. The SMILES string of the molecule is C/C=N\N(CC)C(C)OC. The Balaban J connectivity index is 3.79. The van der Waals surface area contributed by atoms with Crippen LogP contribution in [-0.4, -0.2) is 31.1 Å². The van der Waals surface area contributed by atoms with Gasteiger partial charge in [-0.2, -0.15) is 5.10 Å². The lowest BCUT2D eigenvalue weighted by molar-refractivity contribution is -0.0142. The van der Waals surface area contributed by atoms with E-state index < -0.39 is 0 Å². The second kappa shape index (κ2) is 5.23. The fourth-order valence-electron chi connectivity index (χ4n) is 0.703. The summed E-state index contributed by atoms with van der Waals surface area (Å²) in [5.41, 5.74) is 0. The molecule has 0 bridgehead atoms. The molecule has 0 amide bonds. The van der Waals surface area contributed by atoms with E-state index in [1.54, 1.807) is 13.3 Å². The molecule has 10 heavy (non-hydrogen) atoms. The van der Waals surface area contributed by atoms with Gasteiger partial charge in [-0.25, -0.2) is 0 Å². The quantitative estimate of drug-likeness (QED) is 0.337. The highest BCUT2D eigenvalue weighted by Gasteiger charge is 2.04. The summed E-state index contributed by atoms with van der Waals surface area (Å²) in [6.45, 7) is 6.78. The van der Waals surface area contributed by atoms with Gasteiger partial charge in [0.15, 0.2) is 0 Å². The van der Waals surface area contributed by atoms with Crippen molar-refractivity contribution in [2.75, 3.05) is 13.7 Å². The van der Waals surface area contributed by atoms with Gasteiger partial charge in [-0.3, -0.25) is 5.01 Å². The molecular weight excluding hydrogens is 128 g/mol. The highest BCUT2D eigenvalue weighted by molar-refractivity contribution is 5.52. The molecule has 0 heterocycles. The first-order valence-corrected chi connectivity index (χ1v) is 3.54. The molecule has 0 saturated heterocycles. The van der Waals surface area contributed by atoms with Crippen molar-refractivity contribution < 1.29 is 4.74 Å². The van der Waals surface area contributed by atoms with Crippen LogP contribution < -0.4 is 0 Å². The van der Waals surface area contributed by atoms with Gasteiger partial charge in [0.05, 0.1) is 0 Å². The second-order valence-corrected chi connectivity index (χ2v) is 1.96. The molecule has 0 N–H and O–H groups in total. The van der Waals surface area contributed by atoms with E-state index in [2.05, 4.69) is 5.10 Å². The van der Waals surface area contributed by atoms with Crippen molar-refractivity contribution in [3.63, 3.8) is 0 Å². The normalized spacial score (nSPS) is 14.0. The summed E-state index contributed by atoms with van der Waals surface area (Å²) in [5, 5.41) is 5.97. The minimum atomic E-state index is 0.0706. The Morgan fingerprint density at radius 3 is 2.60 bits per heavy atom. The fourth-order valence-corrected chi connectivity index (χ4v) is 0.703. The van der Waals surface area contributed by atoms with Gasteiger partial charge >= 0.3 is 0 Å². The topological polar surface area (TPSA) is 24.8 Å². The number of ether oxygens (including phenoxy) is 1. The molecule has 0 aromatic heterocycles. The van der Waals surface area contributed by atoms with Gasteiger partial charge in [0.2, 0.25) is 0 Å². The number of rotatable bonds is 4. The van der Waals surface area contributed by atoms with Crippen LogP contribution in [0.25, 0.3) is 0 Å². The predicted molar refractivity (Wildman–Crippen MR) is 43.0 cm³/mol. The maximum absolute atomic E-state index is 5.07. The van der Waals surface area contributed by atoms with Gasteiger partial charge in [0.1, 0.15) is 6.23 Å². The van der Waals surface area contributed by atoms with Crippen LogP contribution in [-0.2, 0) is 4.74 Å². The third kappa shape index (κ3) is 2.82. The lowest BCUT2D eigenvalue weighted by Crippen LogP contribution is -2.29. The summed E-state index contributed by atoms with van der Waals surface area (Å²) in [5.74, 6) is 0. The summed E-state index contributed by atoms with van der Waals surface area (Å²) >= 11 is 0. The van der Waals surface area contributed by atoms with Crippen LogP contribution in [0.15, 0.2) is 5.10 Å². The lowest BCUT2D eigenvalue weighted by atomic mass is 10.6. The van der Waals surface area contributed by atoms with Crippen LogP contribution in [0.4, 0.5) is 0 Å². The standard InChI is InChI=1S/C7H16N2O/c1-5-8-9(6-2)7(3)10-4/h5,7H,6H2,1-4H3/b8-5-. The number of hydrazone groups is 1. The third-order valence-electron chi connectivity index (χ3n) is 1.35. The Bertz CT molecular complexity index is 104. The van der Waals surface area contributed by atoms with E-state index in [4.69, 9.17) is 4.74 Å². The van der Waals surface area contributed by atoms with Crippen LogP contribution in [0.1, 0.15) is 20.8 Å². The summed E-state index contributed by atoms with van der Waals surface area (Å²) in [6, 6.07) is 0. The number of hydrogen-bond donors (Lipinski definition) is 0. The Kier molecular flexibility index (Phi) is 4.94. The Morgan fingerprint density at radius 2 is 2.30 bits per heavy atom. The van der Waals surface area contributed by atoms with Crippen molar-refractivity contribution >= 4 is 6.21 Å². The van der Waals surface area contributed by atoms with Crippen molar-refractivity contribution in [3.8, 4) is 0 Å². The summed E-state index contributed by atoms with van der Waals surface area (Å²) in [7, 11) is 1.68. The molecule has 0 aromatic rings. The Labute approximate surface area is 62.7 Å². The molecule has 0 radical (unpaired) electrons. The van der Waals surface area contributed by atoms with Gasteiger partial charge in [0.25, 0.3) is 0 Å². The molecule has 60 valence electrons. The average molecular weight is 144 g/mol. The van der Waals surface area contributed by atoms with E-state index in [1.165, 1.54) is 0 Å². The molecule has 0 saturated carbocycles. The van der Waals surface area contributed by atoms with Crippen molar-refractivity contribution in [2.45, 2.75) is 27.0 Å². The molecule has 0 aliphatic carbocycles. The van der Waals surface area contributed by atoms with Crippen LogP contribution in [0.2, 0.25) is 0 Å². The summed E-state index contributed by atoms with van der Waals surface area (Å²) in [6.07, 6.45) is 1.83. The van der Waals surface area contributed by atoms with Crippen molar-refractivity contribution in [2.24, 2.45) is 5.10 Å². The molecule has 0 rings (SSSR count). The van der Waals surface area contributed by atoms with Crippen LogP contribution in [0.3, 0.4) is 0 Å². The van der Waals surface area contributed by atoms with Crippen LogP contribution in [0.5, 0.6) is 0 Å². The van der Waals surface area contributed by atoms with E-state index in [9.17, 15) is 0 Å². The monoisotopic (exact) mass is 144 g/mol. The molecule has 3 heteroatoms. The third-order valence-corrected chi connectivity index (χ3v) is 1.35. The molecule has 0 spiro atoms. The number of methoxy groups -OCH3 is 1. The lowest BCUT2D eigenvalue weighted by Gasteiger charge is -2.22. The van der Waals surface area contributed by atoms with Gasteiger partial charge in [0, 0.05) is 19.9 Å². The van der Waals surface area contributed by atoms with Crippen LogP contribution in [0, 0.1) is 0 Å². The van der Waals surface area contributed by atoms with Gasteiger partial charge in [-0.1, -0.05) is 0 Å². The first-order chi connectivity index (χ1) is 4.76. The van der Waals surface area contributed by atoms with E-state index in [-0.39, 0.29) is 6.23 Å². The van der Waals surface area contributed by atoms with E-state index in [1.807, 2.05) is 25.8 Å². The summed E-state index contributed by atoms with van der Waals surface area (Å²) < 4.78 is 5.07. The molecular formula is C7H16N2O. The zero-order chi connectivity index (χ0) is 7.98. The Morgan fingerprint density at radius 1 is 1.70 bits per heavy atom. The largest absolute Gasteiger partial charge is 0.360 e. The van der Waals surface area contributed by atoms with Crippen molar-refractivity contribution in [1.82, 2.24) is 5.01 Å². The van der Waals surface area contributed by atoms with Crippen molar-refractivity contribution in [1.29, 1.82) is 0 Å². The molecule has 0 aliphatic heterocycles. The molecule has 1 unspecified atom stereocenters. The van der Waals surface area contributed by atoms with Gasteiger partial charge < -0.3 is 4.74 Å². The fraction of sp³-hybridized carbons (Fsp3) is 0.857. The van der Waals surface area contributed by atoms with Crippen molar-refractivity contribution in [3.05, 3.63) is 0 Å². The molecule has 0 aromatic carbocycles. The number of hydrogen-bond acceptors (Lipinski definition) is 3. The highest BCUT2D eigenvalue weighted by atomic mass is 16.5. The predicted octanol–water partition coefficient (Wildman–Crippen LogP) is 1.31. The minimum Gasteiger partial charge on any atom is -0.360 e. The van der Waals surface area contributed by atoms with Gasteiger partial charge in [-0.15, -0.1) is 0 Å². The maximum atomic E-state index is 5.07. The molecule has 0 aliphatic rings. The smallest absolute Gasteiger partial charge is 0.142 e.